The van der Waals surface area contributed by atoms with Crippen molar-refractivity contribution in [3.8, 4) is 0 Å². The van der Waals surface area contributed by atoms with Crippen LogP contribution in [0.3, 0.4) is 0 Å². The molecule has 1 atom stereocenters. The zero-order valence-electron chi connectivity index (χ0n) is 16.1. The number of nitrogen functional groups attached to an aromatic ring is 1. The van der Waals surface area contributed by atoms with Crippen molar-refractivity contribution in [2.75, 3.05) is 25.4 Å². The summed E-state index contributed by atoms with van der Waals surface area (Å²) in [5.41, 5.74) is 19.4. The molecular weight excluding hydrogens is 358 g/mol. The Bertz CT molecular complexity index is 767. The quantitative estimate of drug-likeness (QED) is 0.336. The fraction of sp³-hybridized carbons (Fsp3) is 0.421. The van der Waals surface area contributed by atoms with Crippen LogP contribution in [0.25, 0.3) is 0 Å². The Morgan fingerprint density at radius 2 is 2.18 bits per heavy atom. The van der Waals surface area contributed by atoms with Crippen molar-refractivity contribution in [2.45, 2.75) is 31.7 Å². The van der Waals surface area contributed by atoms with Gasteiger partial charge in [0.25, 0.3) is 0 Å². The monoisotopic (exact) mass is 387 g/mol. The van der Waals surface area contributed by atoms with Crippen LogP contribution in [0.5, 0.6) is 0 Å². The van der Waals surface area contributed by atoms with E-state index in [9.17, 15) is 4.79 Å². The maximum absolute atomic E-state index is 10.9. The predicted molar refractivity (Wildman–Crippen MR) is 110 cm³/mol. The van der Waals surface area contributed by atoms with Gasteiger partial charge in [-0.15, -0.1) is 0 Å². The normalized spacial score (nSPS) is 17.6. The van der Waals surface area contributed by atoms with Gasteiger partial charge in [-0.3, -0.25) is 4.79 Å². The van der Waals surface area contributed by atoms with Gasteiger partial charge < -0.3 is 32.5 Å². The van der Waals surface area contributed by atoms with Crippen LogP contribution in [0, 0.1) is 0 Å². The number of rotatable bonds is 7. The summed E-state index contributed by atoms with van der Waals surface area (Å²) in [4.78, 5) is 21.6. The first-order valence-electron chi connectivity index (χ1n) is 9.18. The van der Waals surface area contributed by atoms with Crippen LogP contribution in [0.4, 0.5) is 5.82 Å². The molecule has 0 unspecified atom stereocenters. The summed E-state index contributed by atoms with van der Waals surface area (Å²) in [6, 6.07) is 4.68. The molecule has 28 heavy (non-hydrogen) atoms. The number of carboxylic acids is 1. The van der Waals surface area contributed by atoms with Crippen LogP contribution >= 0.6 is 0 Å². The number of nitrogens with one attached hydrogen (secondary N) is 1. The zero-order chi connectivity index (χ0) is 20.7. The summed E-state index contributed by atoms with van der Waals surface area (Å²) >= 11 is 0. The molecule has 0 radical (unpaired) electrons. The lowest BCUT2D eigenvalue weighted by atomic mass is 9.93. The second-order valence-electron chi connectivity index (χ2n) is 6.74. The molecule has 0 aromatic carbocycles. The molecule has 0 aliphatic carbocycles. The first-order chi connectivity index (χ1) is 13.3. The van der Waals surface area contributed by atoms with Gasteiger partial charge in [0.05, 0.1) is 0 Å². The van der Waals surface area contributed by atoms with Gasteiger partial charge in [-0.05, 0) is 31.9 Å². The smallest absolute Gasteiger partial charge is 0.322 e. The minimum Gasteiger partial charge on any atom is -0.480 e. The van der Waals surface area contributed by atoms with Crippen molar-refractivity contribution < 1.29 is 9.90 Å². The molecule has 0 bridgehead atoms. The van der Waals surface area contributed by atoms with Crippen LogP contribution in [0.1, 0.15) is 31.4 Å². The average molecular weight is 387 g/mol. The molecule has 9 heteroatoms. The SMILES string of the molecule is C=C/N=C(NC[C@H](N)C(=O)O)\C(C)=C(/N)N1CCC(c2cccc(N)n2)CC1. The van der Waals surface area contributed by atoms with Gasteiger partial charge in [0.1, 0.15) is 23.5 Å². The maximum atomic E-state index is 10.9. The molecule has 2 heterocycles. The molecule has 1 saturated heterocycles. The lowest BCUT2D eigenvalue weighted by Crippen LogP contribution is -2.44. The van der Waals surface area contributed by atoms with Gasteiger partial charge in [0, 0.05) is 43.0 Å². The molecule has 152 valence electrons. The molecule has 9 nitrogen and oxygen atoms in total. The summed E-state index contributed by atoms with van der Waals surface area (Å²) in [7, 11) is 0. The van der Waals surface area contributed by atoms with Gasteiger partial charge in [0.15, 0.2) is 0 Å². The Morgan fingerprint density at radius 1 is 1.50 bits per heavy atom. The van der Waals surface area contributed by atoms with E-state index in [0.29, 0.717) is 23.4 Å². The highest BCUT2D eigenvalue weighted by atomic mass is 16.4. The van der Waals surface area contributed by atoms with Crippen molar-refractivity contribution in [2.24, 2.45) is 16.5 Å². The van der Waals surface area contributed by atoms with Crippen LogP contribution in [-0.4, -0.2) is 52.5 Å². The van der Waals surface area contributed by atoms with Crippen LogP contribution in [0.15, 0.2) is 47.4 Å². The highest BCUT2D eigenvalue weighted by molar-refractivity contribution is 5.98. The minimum atomic E-state index is -1.09. The Morgan fingerprint density at radius 3 is 2.75 bits per heavy atom. The molecule has 1 aromatic heterocycles. The first kappa shape index (κ1) is 21.2. The predicted octanol–water partition coefficient (Wildman–Crippen LogP) is 0.577. The largest absolute Gasteiger partial charge is 0.480 e. The van der Waals surface area contributed by atoms with Gasteiger partial charge in [0.2, 0.25) is 0 Å². The van der Waals surface area contributed by atoms with E-state index in [4.69, 9.17) is 22.3 Å². The Labute approximate surface area is 165 Å². The number of nitrogens with zero attached hydrogens (tertiary/aromatic N) is 3. The number of hydrogen-bond donors (Lipinski definition) is 5. The molecule has 1 fully saturated rings. The van der Waals surface area contributed by atoms with Crippen molar-refractivity contribution in [1.29, 1.82) is 0 Å². The lowest BCUT2D eigenvalue weighted by Gasteiger charge is -2.34. The maximum Gasteiger partial charge on any atom is 0.322 e. The number of carboxylic acid groups (broad SMARTS) is 1. The molecule has 2 rings (SSSR count). The van der Waals surface area contributed by atoms with Gasteiger partial charge in [-0.25, -0.2) is 9.98 Å². The Hall–Kier alpha value is -3.07. The number of aliphatic carboxylic acids is 1. The number of hydrogen-bond acceptors (Lipinski definition) is 7. The van der Waals surface area contributed by atoms with E-state index in [0.717, 1.165) is 37.2 Å². The number of anilines is 1. The van der Waals surface area contributed by atoms with E-state index in [1.807, 2.05) is 19.1 Å². The van der Waals surface area contributed by atoms with E-state index in [-0.39, 0.29) is 6.54 Å². The number of amidine groups is 1. The third-order valence-electron chi connectivity index (χ3n) is 4.81. The molecule has 0 saturated carbocycles. The average Bonchev–Trinajstić information content (AvgIpc) is 2.69. The van der Waals surface area contributed by atoms with E-state index < -0.39 is 12.0 Å². The number of pyridine rings is 1. The van der Waals surface area contributed by atoms with Crippen LogP contribution < -0.4 is 22.5 Å². The third-order valence-corrected chi connectivity index (χ3v) is 4.81. The first-order valence-corrected chi connectivity index (χ1v) is 9.18. The Kier molecular flexibility index (Phi) is 7.39. The zero-order valence-corrected chi connectivity index (χ0v) is 16.1. The summed E-state index contributed by atoms with van der Waals surface area (Å²) in [5, 5.41) is 11.9. The minimum absolute atomic E-state index is 0.0375. The summed E-state index contributed by atoms with van der Waals surface area (Å²) < 4.78 is 0. The van der Waals surface area contributed by atoms with Crippen molar-refractivity contribution in [3.63, 3.8) is 0 Å². The summed E-state index contributed by atoms with van der Waals surface area (Å²) in [6.07, 6.45) is 3.20. The lowest BCUT2D eigenvalue weighted by molar-refractivity contribution is -0.138. The molecule has 0 amide bonds. The fourth-order valence-electron chi connectivity index (χ4n) is 3.13. The standard InChI is InChI=1S/C19H29N7O2/c1-3-23-18(24-11-14(20)19(27)28)12(2)17(22)26-9-7-13(8-10-26)15-5-4-6-16(21)25-15/h3-6,13-14H,1,7-11,20,22H2,2H3,(H2,21,25)(H,23,24)(H,27,28)/b17-12+/t14-/m0/s1. The van der Waals surface area contributed by atoms with Crippen molar-refractivity contribution >= 4 is 17.6 Å². The highest BCUT2D eigenvalue weighted by Crippen LogP contribution is 2.28. The topological polar surface area (TPSA) is 156 Å². The Balaban J connectivity index is 2.04. The molecule has 8 N–H and O–H groups in total. The highest BCUT2D eigenvalue weighted by Gasteiger charge is 2.24. The molecular formula is C19H29N7O2. The second-order valence-corrected chi connectivity index (χ2v) is 6.74. The number of carbonyl (C=O) groups is 1. The number of likely N-dealkylation sites (tertiary alicyclic amines) is 1. The van der Waals surface area contributed by atoms with Gasteiger partial charge in [-0.2, -0.15) is 0 Å². The molecule has 0 spiro atoms. The van der Waals surface area contributed by atoms with Crippen molar-refractivity contribution in [3.05, 3.63) is 48.1 Å². The fourth-order valence-corrected chi connectivity index (χ4v) is 3.13. The molecule has 1 aliphatic heterocycles. The summed E-state index contributed by atoms with van der Waals surface area (Å²) in [6.45, 7) is 7.03. The summed E-state index contributed by atoms with van der Waals surface area (Å²) in [5.74, 6) is 0.851. The van der Waals surface area contributed by atoms with Gasteiger partial charge in [-0.1, -0.05) is 12.6 Å². The van der Waals surface area contributed by atoms with E-state index >= 15 is 0 Å². The molecule has 1 aromatic rings. The van der Waals surface area contributed by atoms with Crippen molar-refractivity contribution in [1.82, 2.24) is 15.2 Å². The van der Waals surface area contributed by atoms with Gasteiger partial charge >= 0.3 is 5.97 Å². The number of nitrogens with two attached hydrogens (primary N) is 3. The third kappa shape index (κ3) is 5.46. The number of aliphatic imine (C=N–C) groups is 1. The van der Waals surface area contributed by atoms with Crippen LogP contribution in [0.2, 0.25) is 0 Å². The number of piperidine rings is 1. The second kappa shape index (κ2) is 9.75. The van der Waals surface area contributed by atoms with Crippen LogP contribution in [-0.2, 0) is 4.79 Å². The molecule has 1 aliphatic rings. The van der Waals surface area contributed by atoms with E-state index in [1.165, 1.54) is 6.20 Å². The van der Waals surface area contributed by atoms with E-state index in [2.05, 4.69) is 26.8 Å². The number of aromatic nitrogens is 1. The van der Waals surface area contributed by atoms with E-state index in [1.54, 1.807) is 6.07 Å².